The molecular formula is C11H10N2O2S. The van der Waals surface area contributed by atoms with E-state index in [1.807, 2.05) is 30.3 Å². The van der Waals surface area contributed by atoms with Crippen molar-refractivity contribution >= 4 is 28.1 Å². The van der Waals surface area contributed by atoms with Gasteiger partial charge < -0.3 is 10.4 Å². The molecule has 4 nitrogen and oxygen atoms in total. The molecule has 1 aromatic carbocycles. The van der Waals surface area contributed by atoms with Crippen LogP contribution in [0.15, 0.2) is 35.7 Å². The number of anilines is 2. The Morgan fingerprint density at radius 2 is 2.12 bits per heavy atom. The van der Waals surface area contributed by atoms with Crippen molar-refractivity contribution in [3.63, 3.8) is 0 Å². The Balaban J connectivity index is 2.06. The van der Waals surface area contributed by atoms with Crippen molar-refractivity contribution in [3.05, 3.63) is 41.4 Å². The van der Waals surface area contributed by atoms with Crippen LogP contribution in [0.5, 0.6) is 0 Å². The van der Waals surface area contributed by atoms with Gasteiger partial charge in [-0.1, -0.05) is 18.2 Å². The van der Waals surface area contributed by atoms with Crippen LogP contribution < -0.4 is 5.32 Å². The summed E-state index contributed by atoms with van der Waals surface area (Å²) in [5, 5.41) is 14.2. The molecule has 0 fully saturated rings. The zero-order valence-corrected chi connectivity index (χ0v) is 9.20. The fourth-order valence-electron chi connectivity index (χ4n) is 1.25. The summed E-state index contributed by atoms with van der Waals surface area (Å²) < 4.78 is 0. The number of hydrogen-bond donors (Lipinski definition) is 2. The number of carboxylic acids is 1. The highest BCUT2D eigenvalue weighted by molar-refractivity contribution is 7.13. The van der Waals surface area contributed by atoms with Crippen LogP contribution in [0.3, 0.4) is 0 Å². The summed E-state index contributed by atoms with van der Waals surface area (Å²) in [7, 11) is 0. The van der Waals surface area contributed by atoms with E-state index in [9.17, 15) is 4.79 Å². The molecule has 2 N–H and O–H groups in total. The summed E-state index contributed by atoms with van der Waals surface area (Å²) in [6, 6.07) is 9.64. The minimum Gasteiger partial charge on any atom is -0.481 e. The minimum absolute atomic E-state index is 0.0348. The number of hydrogen-bond acceptors (Lipinski definition) is 4. The normalized spacial score (nSPS) is 10.0. The lowest BCUT2D eigenvalue weighted by Crippen LogP contribution is -2.00. The smallest absolute Gasteiger partial charge is 0.309 e. The van der Waals surface area contributed by atoms with Crippen molar-refractivity contribution in [2.45, 2.75) is 6.42 Å². The lowest BCUT2D eigenvalue weighted by atomic mass is 10.3. The molecule has 2 rings (SSSR count). The Morgan fingerprint density at radius 1 is 1.38 bits per heavy atom. The molecule has 0 aliphatic carbocycles. The summed E-state index contributed by atoms with van der Waals surface area (Å²) in [5.41, 5.74) is 1.52. The number of aliphatic carboxylic acids is 1. The molecule has 0 spiro atoms. The Hall–Kier alpha value is -1.88. The van der Waals surface area contributed by atoms with Crippen LogP contribution in [-0.4, -0.2) is 16.1 Å². The van der Waals surface area contributed by atoms with E-state index in [2.05, 4.69) is 10.3 Å². The molecule has 0 radical (unpaired) electrons. The van der Waals surface area contributed by atoms with Gasteiger partial charge in [-0.05, 0) is 12.1 Å². The van der Waals surface area contributed by atoms with E-state index in [0.717, 1.165) is 5.69 Å². The summed E-state index contributed by atoms with van der Waals surface area (Å²) in [6.07, 6.45) is -0.0348. The molecule has 1 heterocycles. The molecule has 1 aromatic heterocycles. The molecule has 0 aliphatic rings. The number of benzene rings is 1. The molecule has 5 heteroatoms. The van der Waals surface area contributed by atoms with Gasteiger partial charge in [0, 0.05) is 11.1 Å². The first-order valence-corrected chi connectivity index (χ1v) is 5.60. The van der Waals surface area contributed by atoms with E-state index >= 15 is 0 Å². The Kier molecular flexibility index (Phi) is 3.16. The van der Waals surface area contributed by atoms with E-state index in [0.29, 0.717) is 10.8 Å². The van der Waals surface area contributed by atoms with Crippen LogP contribution in [0, 0.1) is 0 Å². The van der Waals surface area contributed by atoms with E-state index < -0.39 is 5.97 Å². The lowest BCUT2D eigenvalue weighted by Gasteiger charge is -2.00. The standard InChI is InChI=1S/C11H10N2O2S/c14-10(15)6-9-7-16-11(13-9)12-8-4-2-1-3-5-8/h1-5,7H,6H2,(H,12,13)(H,14,15). The summed E-state index contributed by atoms with van der Waals surface area (Å²) in [6.45, 7) is 0. The third-order valence-electron chi connectivity index (χ3n) is 1.91. The number of aromatic nitrogens is 1. The molecular weight excluding hydrogens is 224 g/mol. The third kappa shape index (κ3) is 2.80. The molecule has 0 aliphatic heterocycles. The average molecular weight is 234 g/mol. The highest BCUT2D eigenvalue weighted by atomic mass is 32.1. The van der Waals surface area contributed by atoms with Crippen molar-refractivity contribution in [3.8, 4) is 0 Å². The van der Waals surface area contributed by atoms with Gasteiger partial charge in [0.2, 0.25) is 0 Å². The third-order valence-corrected chi connectivity index (χ3v) is 2.72. The zero-order chi connectivity index (χ0) is 11.4. The predicted molar refractivity (Wildman–Crippen MR) is 63.2 cm³/mol. The van der Waals surface area contributed by atoms with Crippen LogP contribution in [0.1, 0.15) is 5.69 Å². The lowest BCUT2D eigenvalue weighted by molar-refractivity contribution is -0.136. The van der Waals surface area contributed by atoms with Crippen LogP contribution in [0.4, 0.5) is 10.8 Å². The van der Waals surface area contributed by atoms with Gasteiger partial charge in [0.25, 0.3) is 0 Å². The maximum absolute atomic E-state index is 10.5. The van der Waals surface area contributed by atoms with Gasteiger partial charge in [0.05, 0.1) is 12.1 Å². The molecule has 0 bridgehead atoms. The van der Waals surface area contributed by atoms with Gasteiger partial charge in [-0.3, -0.25) is 4.79 Å². The Labute approximate surface area is 96.6 Å². The van der Waals surface area contributed by atoms with E-state index in [1.54, 1.807) is 5.38 Å². The zero-order valence-electron chi connectivity index (χ0n) is 8.38. The number of para-hydroxylation sites is 1. The summed E-state index contributed by atoms with van der Waals surface area (Å²) in [5.74, 6) is -0.864. The maximum Gasteiger partial charge on any atom is 0.309 e. The SMILES string of the molecule is O=C(O)Cc1csc(Nc2ccccc2)n1. The van der Waals surface area contributed by atoms with E-state index in [-0.39, 0.29) is 6.42 Å². The summed E-state index contributed by atoms with van der Waals surface area (Å²) >= 11 is 1.40. The molecule has 0 atom stereocenters. The average Bonchev–Trinajstić information content (AvgIpc) is 2.66. The first-order chi connectivity index (χ1) is 7.74. The Bertz CT molecular complexity index is 482. The second-order valence-electron chi connectivity index (χ2n) is 3.21. The maximum atomic E-state index is 10.5. The van der Waals surface area contributed by atoms with Crippen molar-refractivity contribution in [2.75, 3.05) is 5.32 Å². The van der Waals surface area contributed by atoms with Crippen LogP contribution >= 0.6 is 11.3 Å². The van der Waals surface area contributed by atoms with Gasteiger partial charge in [-0.15, -0.1) is 11.3 Å². The van der Waals surface area contributed by atoms with Gasteiger partial charge in [0.15, 0.2) is 5.13 Å². The highest BCUT2D eigenvalue weighted by Crippen LogP contribution is 2.20. The molecule has 16 heavy (non-hydrogen) atoms. The van der Waals surface area contributed by atoms with Crippen LogP contribution in [0.2, 0.25) is 0 Å². The topological polar surface area (TPSA) is 62.2 Å². The molecule has 0 saturated carbocycles. The quantitative estimate of drug-likeness (QED) is 0.853. The molecule has 0 unspecified atom stereocenters. The largest absolute Gasteiger partial charge is 0.481 e. The van der Waals surface area contributed by atoms with Crippen molar-refractivity contribution in [2.24, 2.45) is 0 Å². The highest BCUT2D eigenvalue weighted by Gasteiger charge is 2.05. The fraction of sp³-hybridized carbons (Fsp3) is 0.0909. The monoisotopic (exact) mass is 234 g/mol. The van der Waals surface area contributed by atoms with Crippen molar-refractivity contribution < 1.29 is 9.90 Å². The number of nitrogens with zero attached hydrogens (tertiary/aromatic N) is 1. The number of nitrogens with one attached hydrogen (secondary N) is 1. The molecule has 82 valence electrons. The summed E-state index contributed by atoms with van der Waals surface area (Å²) in [4.78, 5) is 14.7. The number of carbonyl (C=O) groups is 1. The number of rotatable bonds is 4. The number of thiazole rings is 1. The van der Waals surface area contributed by atoms with Crippen LogP contribution in [-0.2, 0) is 11.2 Å². The van der Waals surface area contributed by atoms with Gasteiger partial charge >= 0.3 is 5.97 Å². The van der Waals surface area contributed by atoms with Crippen molar-refractivity contribution in [1.82, 2.24) is 4.98 Å². The first-order valence-electron chi connectivity index (χ1n) is 4.72. The second kappa shape index (κ2) is 4.76. The van der Waals surface area contributed by atoms with E-state index in [1.165, 1.54) is 11.3 Å². The van der Waals surface area contributed by atoms with Gasteiger partial charge in [0.1, 0.15) is 0 Å². The van der Waals surface area contributed by atoms with Crippen LogP contribution in [0.25, 0.3) is 0 Å². The second-order valence-corrected chi connectivity index (χ2v) is 4.06. The minimum atomic E-state index is -0.864. The predicted octanol–water partition coefficient (Wildman–Crippen LogP) is 2.51. The molecule has 0 saturated heterocycles. The molecule has 0 amide bonds. The van der Waals surface area contributed by atoms with Crippen molar-refractivity contribution in [1.29, 1.82) is 0 Å². The van der Waals surface area contributed by atoms with Gasteiger partial charge in [-0.2, -0.15) is 0 Å². The first kappa shape index (κ1) is 10.6. The fourth-order valence-corrected chi connectivity index (χ4v) is 1.98. The van der Waals surface area contributed by atoms with Gasteiger partial charge in [-0.25, -0.2) is 4.98 Å². The molecule has 2 aromatic rings. The Morgan fingerprint density at radius 3 is 2.81 bits per heavy atom. The number of carboxylic acid groups (broad SMARTS) is 1. The van der Waals surface area contributed by atoms with E-state index in [4.69, 9.17) is 5.11 Å².